The van der Waals surface area contributed by atoms with Gasteiger partial charge in [-0.15, -0.1) is 0 Å². The fraction of sp³-hybridized carbons (Fsp3) is 0.703. The fourth-order valence-corrected chi connectivity index (χ4v) is 11.9. The molecule has 5 aliphatic carbocycles. The maximum Gasteiger partial charge on any atom is 0.335 e. The van der Waals surface area contributed by atoms with Crippen LogP contribution in [0, 0.1) is 45.8 Å². The molecule has 4 N–H and O–H groups in total. The molecule has 8 unspecified atom stereocenters. The molecular formula is C37H53N3O4. The average Bonchev–Trinajstić information content (AvgIpc) is 3.39. The summed E-state index contributed by atoms with van der Waals surface area (Å²) in [7, 11) is 0. The van der Waals surface area contributed by atoms with E-state index in [1.54, 1.807) is 12.1 Å². The zero-order chi connectivity index (χ0) is 31.5. The van der Waals surface area contributed by atoms with Crippen molar-refractivity contribution < 1.29 is 19.5 Å². The quantitative estimate of drug-likeness (QED) is 0.262. The molecule has 9 atom stereocenters. The Morgan fingerprint density at radius 1 is 0.841 bits per heavy atom. The van der Waals surface area contributed by atoms with E-state index in [0.29, 0.717) is 48.2 Å². The van der Waals surface area contributed by atoms with E-state index in [1.165, 1.54) is 63.0 Å². The highest BCUT2D eigenvalue weighted by Crippen LogP contribution is 2.75. The number of hydrogen-bond acceptors (Lipinski definition) is 3. The molecule has 0 saturated heterocycles. The summed E-state index contributed by atoms with van der Waals surface area (Å²) in [6.07, 6.45) is 14.3. The van der Waals surface area contributed by atoms with Crippen LogP contribution in [0.25, 0.3) is 5.57 Å². The minimum absolute atomic E-state index is 0.0772. The van der Waals surface area contributed by atoms with Crippen molar-refractivity contribution in [3.63, 3.8) is 0 Å². The van der Waals surface area contributed by atoms with Crippen molar-refractivity contribution in [3.8, 4) is 0 Å². The number of benzene rings is 1. The first-order chi connectivity index (χ1) is 20.8. The Labute approximate surface area is 263 Å². The van der Waals surface area contributed by atoms with Crippen LogP contribution < -0.4 is 16.0 Å². The number of urea groups is 1. The molecule has 0 aromatic heterocycles. The van der Waals surface area contributed by atoms with Gasteiger partial charge in [-0.3, -0.25) is 4.79 Å². The fourth-order valence-electron chi connectivity index (χ4n) is 11.9. The second-order valence-corrected chi connectivity index (χ2v) is 15.8. The van der Waals surface area contributed by atoms with E-state index >= 15 is 0 Å². The molecule has 4 saturated carbocycles. The summed E-state index contributed by atoms with van der Waals surface area (Å²) in [6, 6.07) is 7.40. The first-order valence-electron chi connectivity index (χ1n) is 17.2. The summed E-state index contributed by atoms with van der Waals surface area (Å²) < 4.78 is 0. The van der Waals surface area contributed by atoms with E-state index < -0.39 is 5.97 Å². The molecule has 0 heterocycles. The Kier molecular flexibility index (Phi) is 7.94. The number of hydrogen-bond donors (Lipinski definition) is 4. The Bertz CT molecular complexity index is 1340. The van der Waals surface area contributed by atoms with Crippen molar-refractivity contribution in [2.24, 2.45) is 45.8 Å². The number of allylic oxidation sites excluding steroid dienone is 2. The normalized spacial score (nSPS) is 40.8. The number of aromatic carboxylic acids is 1. The third kappa shape index (κ3) is 4.79. The minimum atomic E-state index is -0.874. The van der Waals surface area contributed by atoms with E-state index in [1.807, 2.05) is 12.1 Å². The van der Waals surface area contributed by atoms with Crippen LogP contribution in [0.4, 0.5) is 4.79 Å². The van der Waals surface area contributed by atoms with Gasteiger partial charge in [0.25, 0.3) is 0 Å². The second kappa shape index (κ2) is 11.2. The SMILES string of the molecule is CC(=O)NCCNC(=O)NC12CCCC1C1CCC3C4(C)CC=C(c5ccc(C(=O)O)cc5)C(C)C4CCC3(C)[C@]1(C)CC2. The van der Waals surface area contributed by atoms with Crippen molar-refractivity contribution in [1.82, 2.24) is 16.0 Å². The largest absolute Gasteiger partial charge is 0.478 e. The highest BCUT2D eigenvalue weighted by Gasteiger charge is 2.68. The lowest BCUT2D eigenvalue weighted by atomic mass is 9.34. The van der Waals surface area contributed by atoms with Gasteiger partial charge >= 0.3 is 12.0 Å². The van der Waals surface area contributed by atoms with Gasteiger partial charge < -0.3 is 21.1 Å². The van der Waals surface area contributed by atoms with E-state index in [-0.39, 0.29) is 33.7 Å². The minimum Gasteiger partial charge on any atom is -0.478 e. The van der Waals surface area contributed by atoms with Crippen LogP contribution in [0.5, 0.6) is 0 Å². The summed E-state index contributed by atoms with van der Waals surface area (Å²) in [4.78, 5) is 35.7. The number of carboxylic acid groups (broad SMARTS) is 1. The van der Waals surface area contributed by atoms with Gasteiger partial charge in [0.2, 0.25) is 5.91 Å². The summed E-state index contributed by atoms with van der Waals surface area (Å²) in [5.41, 5.74) is 3.57. The van der Waals surface area contributed by atoms with Gasteiger partial charge in [-0.05, 0) is 127 Å². The summed E-state index contributed by atoms with van der Waals surface area (Å²) >= 11 is 0. The van der Waals surface area contributed by atoms with Crippen LogP contribution in [-0.4, -0.2) is 41.6 Å². The number of fused-ring (bicyclic) bond motifs is 7. The van der Waals surface area contributed by atoms with Gasteiger partial charge in [0.1, 0.15) is 0 Å². The molecular weight excluding hydrogens is 550 g/mol. The highest BCUT2D eigenvalue weighted by atomic mass is 16.4. The molecule has 0 spiro atoms. The van der Waals surface area contributed by atoms with Crippen LogP contribution in [0.1, 0.15) is 115 Å². The van der Waals surface area contributed by atoms with Gasteiger partial charge in [0, 0.05) is 25.6 Å². The Morgan fingerprint density at radius 3 is 2.27 bits per heavy atom. The number of amides is 3. The van der Waals surface area contributed by atoms with Crippen molar-refractivity contribution >= 4 is 23.5 Å². The number of rotatable bonds is 6. The van der Waals surface area contributed by atoms with Crippen LogP contribution in [-0.2, 0) is 4.79 Å². The second-order valence-electron chi connectivity index (χ2n) is 15.8. The number of carboxylic acids is 1. The number of nitrogens with one attached hydrogen (secondary N) is 3. The van der Waals surface area contributed by atoms with Crippen molar-refractivity contribution in [1.29, 1.82) is 0 Å². The van der Waals surface area contributed by atoms with Crippen molar-refractivity contribution in [3.05, 3.63) is 41.5 Å². The van der Waals surface area contributed by atoms with Gasteiger partial charge in [0.05, 0.1) is 5.56 Å². The zero-order valence-corrected chi connectivity index (χ0v) is 27.4. The van der Waals surface area contributed by atoms with E-state index in [9.17, 15) is 19.5 Å². The molecule has 1 aromatic carbocycles. The monoisotopic (exact) mass is 603 g/mol. The predicted molar refractivity (Wildman–Crippen MR) is 173 cm³/mol. The standard InChI is InChI=1S/C37H53N3O4/c1-23-27(25-8-10-26(11-9-25)32(42)43)14-17-34(3)28(23)15-18-36(5)31(34)13-12-29-30-7-6-16-37(30,20-19-35(29,36)4)40-33(44)39-22-21-38-24(2)41/h8-11,14,23,28-31H,6-7,12-13,15-22H2,1-5H3,(H,38,41)(H,42,43)(H2,39,40,44)/t23?,28?,29?,30?,31?,34?,35-,36?,37?/m1/s1. The molecule has 5 aliphatic rings. The van der Waals surface area contributed by atoms with Gasteiger partial charge in [-0.1, -0.05) is 52.3 Å². The average molecular weight is 604 g/mol. The zero-order valence-electron chi connectivity index (χ0n) is 27.4. The topological polar surface area (TPSA) is 108 Å². The molecule has 7 heteroatoms. The molecule has 0 bridgehead atoms. The molecule has 6 rings (SSSR count). The third-order valence-corrected chi connectivity index (χ3v) is 14.2. The van der Waals surface area contributed by atoms with Crippen molar-refractivity contribution in [2.75, 3.05) is 13.1 Å². The smallest absolute Gasteiger partial charge is 0.335 e. The number of carbonyl (C=O) groups is 3. The van der Waals surface area contributed by atoms with Gasteiger partial charge in [-0.2, -0.15) is 0 Å². The van der Waals surface area contributed by atoms with E-state index in [0.717, 1.165) is 19.3 Å². The highest BCUT2D eigenvalue weighted by molar-refractivity contribution is 5.88. The maximum atomic E-state index is 13.1. The Balaban J connectivity index is 1.21. The van der Waals surface area contributed by atoms with Crippen LogP contribution in [0.2, 0.25) is 0 Å². The third-order valence-electron chi connectivity index (χ3n) is 14.2. The Hall–Kier alpha value is -2.83. The van der Waals surface area contributed by atoms with Crippen LogP contribution >= 0.6 is 0 Å². The van der Waals surface area contributed by atoms with Gasteiger partial charge in [-0.25, -0.2) is 9.59 Å². The first-order valence-corrected chi connectivity index (χ1v) is 17.2. The lowest BCUT2D eigenvalue weighted by molar-refractivity contribution is -0.210. The summed E-state index contributed by atoms with van der Waals surface area (Å²) in [5.74, 6) is 1.94. The van der Waals surface area contributed by atoms with Crippen LogP contribution in [0.3, 0.4) is 0 Å². The van der Waals surface area contributed by atoms with Gasteiger partial charge in [0.15, 0.2) is 0 Å². The first kappa shape index (κ1) is 31.2. The molecule has 4 fully saturated rings. The van der Waals surface area contributed by atoms with E-state index in [2.05, 4.69) is 49.7 Å². The molecule has 1 aromatic rings. The number of carbonyl (C=O) groups excluding carboxylic acids is 2. The predicted octanol–water partition coefficient (Wildman–Crippen LogP) is 7.03. The molecule has 0 aliphatic heterocycles. The lowest BCUT2D eigenvalue weighted by Crippen LogP contribution is -2.67. The molecule has 3 amide bonds. The summed E-state index contributed by atoms with van der Waals surface area (Å²) in [5, 5.41) is 18.6. The molecule has 7 nitrogen and oxygen atoms in total. The van der Waals surface area contributed by atoms with E-state index in [4.69, 9.17) is 0 Å². The maximum absolute atomic E-state index is 13.1. The Morgan fingerprint density at radius 2 is 1.57 bits per heavy atom. The summed E-state index contributed by atoms with van der Waals surface area (Å²) in [6.45, 7) is 12.7. The lowest BCUT2D eigenvalue weighted by Gasteiger charge is -2.71. The van der Waals surface area contributed by atoms with Crippen molar-refractivity contribution in [2.45, 2.75) is 104 Å². The van der Waals surface area contributed by atoms with Crippen LogP contribution in [0.15, 0.2) is 30.3 Å². The molecule has 0 radical (unpaired) electrons. The molecule has 240 valence electrons. The molecule has 44 heavy (non-hydrogen) atoms.